The molecule has 0 aromatic carbocycles. The third kappa shape index (κ3) is 2.51. The third-order valence-corrected chi connectivity index (χ3v) is 5.96. The predicted octanol–water partition coefficient (Wildman–Crippen LogP) is 0.636. The summed E-state index contributed by atoms with van der Waals surface area (Å²) in [5.41, 5.74) is 0.697. The number of esters is 1. The third-order valence-electron chi connectivity index (χ3n) is 3.68. The zero-order valence-electron chi connectivity index (χ0n) is 11.5. The number of rotatable bonds is 3. The molecule has 0 spiro atoms. The number of nitrogens with zero attached hydrogens (tertiary/aromatic N) is 3. The summed E-state index contributed by atoms with van der Waals surface area (Å²) in [4.78, 5) is 16.0. The smallest absolute Gasteiger partial charge is 0.341 e. The van der Waals surface area contributed by atoms with Gasteiger partial charge in [-0.3, -0.25) is 0 Å². The lowest BCUT2D eigenvalue weighted by atomic mass is 10.2. The normalized spacial score (nSPS) is 20.7. The standard InChI is InChI=1S/C13H15N3O4S/c1-20-13(17)10-5-2-6-16-12(10)14-11(15-16)8-9-4-3-7-21(9,18)19/h2,5-6,9H,3-4,7-8H2,1H3. The largest absolute Gasteiger partial charge is 0.465 e. The van der Waals surface area contributed by atoms with Crippen molar-refractivity contribution in [3.8, 4) is 0 Å². The Balaban J connectivity index is 1.96. The summed E-state index contributed by atoms with van der Waals surface area (Å²) in [7, 11) is -1.73. The van der Waals surface area contributed by atoms with Gasteiger partial charge in [-0.2, -0.15) is 5.10 Å². The maximum absolute atomic E-state index is 11.9. The first-order valence-corrected chi connectivity index (χ1v) is 8.37. The molecule has 0 radical (unpaired) electrons. The number of pyridine rings is 1. The number of fused-ring (bicyclic) bond motifs is 1. The molecule has 1 aliphatic heterocycles. The molecule has 1 fully saturated rings. The van der Waals surface area contributed by atoms with Gasteiger partial charge in [0.1, 0.15) is 5.56 Å². The van der Waals surface area contributed by atoms with Crippen LogP contribution in [0.4, 0.5) is 0 Å². The van der Waals surface area contributed by atoms with Crippen molar-refractivity contribution in [1.82, 2.24) is 14.6 Å². The fraction of sp³-hybridized carbons (Fsp3) is 0.462. The lowest BCUT2D eigenvalue weighted by Crippen LogP contribution is -2.19. The summed E-state index contributed by atoms with van der Waals surface area (Å²) < 4.78 is 29.9. The van der Waals surface area contributed by atoms with Crippen molar-refractivity contribution in [3.05, 3.63) is 29.7 Å². The Kier molecular flexibility index (Phi) is 3.40. The lowest BCUT2D eigenvalue weighted by molar-refractivity contribution is 0.0602. The summed E-state index contributed by atoms with van der Waals surface area (Å²) in [6.07, 6.45) is 3.28. The zero-order chi connectivity index (χ0) is 15.0. The minimum atomic E-state index is -3.03. The second kappa shape index (κ2) is 5.10. The van der Waals surface area contributed by atoms with E-state index < -0.39 is 21.1 Å². The van der Waals surface area contributed by atoms with E-state index >= 15 is 0 Å². The van der Waals surface area contributed by atoms with E-state index in [1.807, 2.05) is 0 Å². The van der Waals surface area contributed by atoms with E-state index in [2.05, 4.69) is 10.1 Å². The Morgan fingerprint density at radius 3 is 3.00 bits per heavy atom. The topological polar surface area (TPSA) is 90.6 Å². The van der Waals surface area contributed by atoms with Crippen LogP contribution in [-0.2, 0) is 21.0 Å². The van der Waals surface area contributed by atoms with E-state index in [0.29, 0.717) is 29.9 Å². The number of aromatic nitrogens is 3. The van der Waals surface area contributed by atoms with Gasteiger partial charge in [0.05, 0.1) is 18.1 Å². The Hall–Kier alpha value is -1.96. The molecular weight excluding hydrogens is 294 g/mol. The molecule has 7 nitrogen and oxygen atoms in total. The first-order valence-electron chi connectivity index (χ1n) is 6.65. The number of hydrogen-bond acceptors (Lipinski definition) is 6. The van der Waals surface area contributed by atoms with Crippen molar-refractivity contribution >= 4 is 21.5 Å². The maximum Gasteiger partial charge on any atom is 0.341 e. The van der Waals surface area contributed by atoms with Crippen LogP contribution in [0.3, 0.4) is 0 Å². The summed E-state index contributed by atoms with van der Waals surface area (Å²) in [6, 6.07) is 3.27. The summed E-state index contributed by atoms with van der Waals surface area (Å²) >= 11 is 0. The van der Waals surface area contributed by atoms with E-state index in [-0.39, 0.29) is 12.2 Å². The van der Waals surface area contributed by atoms with Gasteiger partial charge in [0.25, 0.3) is 0 Å². The molecule has 112 valence electrons. The second-order valence-corrected chi connectivity index (χ2v) is 7.45. The van der Waals surface area contributed by atoms with Crippen LogP contribution in [-0.4, -0.2) is 47.1 Å². The van der Waals surface area contributed by atoms with Crippen LogP contribution >= 0.6 is 0 Å². The minimum Gasteiger partial charge on any atom is -0.465 e. The summed E-state index contributed by atoms with van der Waals surface area (Å²) in [5.74, 6) is 0.174. The van der Waals surface area contributed by atoms with Crippen molar-refractivity contribution in [1.29, 1.82) is 0 Å². The molecule has 0 bridgehead atoms. The highest BCUT2D eigenvalue weighted by Crippen LogP contribution is 2.23. The SMILES string of the molecule is COC(=O)c1cccn2nc(CC3CCCS3(=O)=O)nc12. The van der Waals surface area contributed by atoms with Crippen LogP contribution in [0.5, 0.6) is 0 Å². The summed E-state index contributed by atoms with van der Waals surface area (Å²) in [6.45, 7) is 0. The van der Waals surface area contributed by atoms with Crippen LogP contribution in [0.1, 0.15) is 29.0 Å². The Labute approximate surface area is 121 Å². The number of ether oxygens (including phenoxy) is 1. The van der Waals surface area contributed by atoms with Crippen LogP contribution < -0.4 is 0 Å². The Morgan fingerprint density at radius 1 is 1.52 bits per heavy atom. The Morgan fingerprint density at radius 2 is 2.33 bits per heavy atom. The molecule has 2 aromatic rings. The fourth-order valence-electron chi connectivity index (χ4n) is 2.60. The molecule has 2 aromatic heterocycles. The minimum absolute atomic E-state index is 0.235. The van der Waals surface area contributed by atoms with E-state index in [1.54, 1.807) is 18.3 Å². The number of hydrogen-bond donors (Lipinski definition) is 0. The van der Waals surface area contributed by atoms with Crippen LogP contribution in [0, 0.1) is 0 Å². The van der Waals surface area contributed by atoms with E-state index in [9.17, 15) is 13.2 Å². The Bertz CT molecular complexity index is 797. The van der Waals surface area contributed by atoms with Gasteiger partial charge in [0.15, 0.2) is 21.3 Å². The van der Waals surface area contributed by atoms with Gasteiger partial charge >= 0.3 is 5.97 Å². The molecule has 3 heterocycles. The van der Waals surface area contributed by atoms with Crippen molar-refractivity contribution in [2.24, 2.45) is 0 Å². The molecule has 0 aliphatic carbocycles. The van der Waals surface area contributed by atoms with E-state index in [4.69, 9.17) is 4.74 Å². The van der Waals surface area contributed by atoms with Gasteiger partial charge in [0, 0.05) is 12.6 Å². The van der Waals surface area contributed by atoms with Crippen LogP contribution in [0.15, 0.2) is 18.3 Å². The average molecular weight is 309 g/mol. The summed E-state index contributed by atoms with van der Waals surface area (Å²) in [5, 5.41) is 3.83. The van der Waals surface area contributed by atoms with Crippen molar-refractivity contribution < 1.29 is 17.9 Å². The van der Waals surface area contributed by atoms with Crippen molar-refractivity contribution in [3.63, 3.8) is 0 Å². The molecular formula is C13H15N3O4S. The highest BCUT2D eigenvalue weighted by atomic mass is 32.2. The molecule has 1 unspecified atom stereocenters. The van der Waals surface area contributed by atoms with E-state index in [0.717, 1.165) is 0 Å². The van der Waals surface area contributed by atoms with Crippen molar-refractivity contribution in [2.45, 2.75) is 24.5 Å². The van der Waals surface area contributed by atoms with Crippen LogP contribution in [0.2, 0.25) is 0 Å². The average Bonchev–Trinajstić information content (AvgIpc) is 3.01. The molecule has 21 heavy (non-hydrogen) atoms. The molecule has 1 aliphatic rings. The lowest BCUT2D eigenvalue weighted by Gasteiger charge is -2.04. The number of methoxy groups -OCH3 is 1. The molecule has 0 amide bonds. The molecule has 0 saturated carbocycles. The quantitative estimate of drug-likeness (QED) is 0.773. The van der Waals surface area contributed by atoms with Gasteiger partial charge < -0.3 is 4.74 Å². The monoisotopic (exact) mass is 309 g/mol. The molecule has 1 saturated heterocycles. The van der Waals surface area contributed by atoms with Crippen molar-refractivity contribution in [2.75, 3.05) is 12.9 Å². The highest BCUT2D eigenvalue weighted by Gasteiger charge is 2.32. The molecule has 1 atom stereocenters. The molecule has 0 N–H and O–H groups in total. The number of carbonyl (C=O) groups excluding carboxylic acids is 1. The molecule has 3 rings (SSSR count). The first-order chi connectivity index (χ1) is 10.0. The second-order valence-electron chi connectivity index (χ2n) is 5.04. The van der Waals surface area contributed by atoms with Gasteiger partial charge in [-0.15, -0.1) is 0 Å². The van der Waals surface area contributed by atoms with Gasteiger partial charge in [-0.05, 0) is 25.0 Å². The van der Waals surface area contributed by atoms with Crippen LogP contribution in [0.25, 0.3) is 5.65 Å². The van der Waals surface area contributed by atoms with Gasteiger partial charge in [-0.25, -0.2) is 22.7 Å². The van der Waals surface area contributed by atoms with Gasteiger partial charge in [0.2, 0.25) is 0 Å². The predicted molar refractivity (Wildman–Crippen MR) is 74.8 cm³/mol. The first kappa shape index (κ1) is 14.0. The molecule has 8 heteroatoms. The zero-order valence-corrected chi connectivity index (χ0v) is 12.3. The maximum atomic E-state index is 11.9. The number of sulfone groups is 1. The fourth-order valence-corrected chi connectivity index (χ4v) is 4.43. The van der Waals surface area contributed by atoms with Gasteiger partial charge in [-0.1, -0.05) is 0 Å². The number of carbonyl (C=O) groups is 1. The van der Waals surface area contributed by atoms with E-state index in [1.165, 1.54) is 11.6 Å². The highest BCUT2D eigenvalue weighted by molar-refractivity contribution is 7.92.